The molecule has 0 fully saturated rings. The van der Waals surface area contributed by atoms with Crippen molar-refractivity contribution in [1.29, 1.82) is 0 Å². The van der Waals surface area contributed by atoms with Crippen molar-refractivity contribution in [3.8, 4) is 11.5 Å². The molecule has 0 spiro atoms. The minimum Gasteiger partial charge on any atom is -0.493 e. The Kier molecular flexibility index (Phi) is 7.73. The van der Waals surface area contributed by atoms with E-state index < -0.39 is 22.5 Å². The second kappa shape index (κ2) is 10.3. The third kappa shape index (κ3) is 5.52. The molecule has 0 bridgehead atoms. The van der Waals surface area contributed by atoms with E-state index >= 15 is 0 Å². The lowest BCUT2D eigenvalue weighted by Gasteiger charge is -2.25. The summed E-state index contributed by atoms with van der Waals surface area (Å²) in [6, 6.07) is 15.7. The van der Waals surface area contributed by atoms with Gasteiger partial charge in [-0.15, -0.1) is 0 Å². The van der Waals surface area contributed by atoms with Crippen LogP contribution in [0.25, 0.3) is 0 Å². The molecule has 0 saturated heterocycles. The lowest BCUT2D eigenvalue weighted by molar-refractivity contribution is -0.114. The Morgan fingerprint density at radius 2 is 1.55 bits per heavy atom. The summed E-state index contributed by atoms with van der Waals surface area (Å²) < 4.78 is 38.6. The van der Waals surface area contributed by atoms with E-state index in [-0.39, 0.29) is 26.3 Å². The Morgan fingerprint density at radius 1 is 0.939 bits per heavy atom. The van der Waals surface area contributed by atoms with Crippen LogP contribution in [0, 0.1) is 6.92 Å². The van der Waals surface area contributed by atoms with Gasteiger partial charge in [0.05, 0.1) is 40.5 Å². The number of benzene rings is 3. The van der Waals surface area contributed by atoms with Gasteiger partial charge in [0.2, 0.25) is 5.91 Å². The Hall–Kier alpha value is -2.94. The maximum atomic E-state index is 13.5. The van der Waals surface area contributed by atoms with Gasteiger partial charge in [-0.05, 0) is 43.3 Å². The number of carbonyl (C=O) groups is 1. The van der Waals surface area contributed by atoms with Gasteiger partial charge in [0, 0.05) is 6.07 Å². The lowest BCUT2D eigenvalue weighted by Crippen LogP contribution is -2.38. The first kappa shape index (κ1) is 24.7. The molecule has 1 amide bonds. The number of aryl methyl sites for hydroxylation is 1. The van der Waals surface area contributed by atoms with Crippen molar-refractivity contribution in [2.45, 2.75) is 11.8 Å². The zero-order chi connectivity index (χ0) is 24.2. The Bertz CT molecular complexity index is 1240. The van der Waals surface area contributed by atoms with Crippen LogP contribution in [0.5, 0.6) is 11.5 Å². The summed E-state index contributed by atoms with van der Waals surface area (Å²) in [7, 11) is -1.20. The third-order valence-corrected chi connectivity index (χ3v) is 7.20. The summed E-state index contributed by atoms with van der Waals surface area (Å²) >= 11 is 12.3. The molecule has 1 N–H and O–H groups in total. The Labute approximate surface area is 202 Å². The van der Waals surface area contributed by atoms with Crippen LogP contribution in [0.1, 0.15) is 5.56 Å². The van der Waals surface area contributed by atoms with Crippen LogP contribution in [-0.2, 0) is 14.8 Å². The van der Waals surface area contributed by atoms with Gasteiger partial charge < -0.3 is 14.8 Å². The summed E-state index contributed by atoms with van der Waals surface area (Å²) in [6.07, 6.45) is 0. The standard InChI is InChI=1S/C23H22Cl2N2O5S/c1-15-7-10-17(11-8-15)33(29,30)27(16-9-12-20(31-2)21(13-16)32-3)14-22(28)26-23-18(24)5-4-6-19(23)25/h4-13H,14H2,1-3H3,(H,26,28). The molecule has 3 rings (SSSR count). The second-order valence-corrected chi connectivity index (χ2v) is 9.69. The molecule has 3 aromatic rings. The van der Waals surface area contributed by atoms with E-state index in [4.69, 9.17) is 32.7 Å². The molecular weight excluding hydrogens is 487 g/mol. The van der Waals surface area contributed by atoms with Crippen molar-refractivity contribution in [1.82, 2.24) is 0 Å². The summed E-state index contributed by atoms with van der Waals surface area (Å²) in [4.78, 5) is 13.0. The fourth-order valence-electron chi connectivity index (χ4n) is 3.06. The monoisotopic (exact) mass is 508 g/mol. The summed E-state index contributed by atoms with van der Waals surface area (Å²) in [5, 5.41) is 3.06. The molecular formula is C23H22Cl2N2O5S. The highest BCUT2D eigenvalue weighted by Crippen LogP contribution is 2.34. The molecule has 7 nitrogen and oxygen atoms in total. The minimum absolute atomic E-state index is 0.0338. The van der Waals surface area contributed by atoms with Crippen LogP contribution < -0.4 is 19.1 Å². The fraction of sp³-hybridized carbons (Fsp3) is 0.174. The van der Waals surface area contributed by atoms with E-state index in [0.29, 0.717) is 11.5 Å². The average Bonchev–Trinajstić information content (AvgIpc) is 2.79. The van der Waals surface area contributed by atoms with E-state index in [9.17, 15) is 13.2 Å². The molecule has 0 aliphatic rings. The highest BCUT2D eigenvalue weighted by molar-refractivity contribution is 7.92. The predicted octanol–water partition coefficient (Wildman–Crippen LogP) is 5.15. The number of amides is 1. The normalized spacial score (nSPS) is 11.1. The number of nitrogens with one attached hydrogen (secondary N) is 1. The number of hydrogen-bond donors (Lipinski definition) is 1. The van der Waals surface area contributed by atoms with Crippen LogP contribution in [0.3, 0.4) is 0 Å². The number of hydrogen-bond acceptors (Lipinski definition) is 5. The smallest absolute Gasteiger partial charge is 0.264 e. The molecule has 10 heteroatoms. The molecule has 0 radical (unpaired) electrons. The number of halogens is 2. The quantitative estimate of drug-likeness (QED) is 0.454. The number of anilines is 2. The van der Waals surface area contributed by atoms with Crippen LogP contribution >= 0.6 is 23.2 Å². The lowest BCUT2D eigenvalue weighted by atomic mass is 10.2. The molecule has 0 unspecified atom stereocenters. The van der Waals surface area contributed by atoms with Gasteiger partial charge in [0.15, 0.2) is 11.5 Å². The highest BCUT2D eigenvalue weighted by atomic mass is 35.5. The predicted molar refractivity (Wildman–Crippen MR) is 130 cm³/mol. The molecule has 3 aromatic carbocycles. The average molecular weight is 509 g/mol. The molecule has 0 aliphatic heterocycles. The first-order valence-electron chi connectivity index (χ1n) is 9.72. The van der Waals surface area contributed by atoms with Gasteiger partial charge in [-0.1, -0.05) is 47.0 Å². The van der Waals surface area contributed by atoms with Crippen LogP contribution in [-0.4, -0.2) is 35.1 Å². The van der Waals surface area contributed by atoms with E-state index in [2.05, 4.69) is 5.32 Å². The van der Waals surface area contributed by atoms with Crippen LogP contribution in [0.4, 0.5) is 11.4 Å². The number of sulfonamides is 1. The van der Waals surface area contributed by atoms with Gasteiger partial charge in [0.25, 0.3) is 10.0 Å². The van der Waals surface area contributed by atoms with E-state index in [1.54, 1.807) is 36.4 Å². The van der Waals surface area contributed by atoms with Gasteiger partial charge in [-0.25, -0.2) is 8.42 Å². The van der Waals surface area contributed by atoms with Crippen molar-refractivity contribution in [3.05, 3.63) is 76.3 Å². The highest BCUT2D eigenvalue weighted by Gasteiger charge is 2.28. The second-order valence-electron chi connectivity index (χ2n) is 7.01. The summed E-state index contributed by atoms with van der Waals surface area (Å²) in [5.41, 5.74) is 1.32. The largest absolute Gasteiger partial charge is 0.493 e. The van der Waals surface area contributed by atoms with Gasteiger partial charge >= 0.3 is 0 Å². The van der Waals surface area contributed by atoms with Crippen molar-refractivity contribution in [3.63, 3.8) is 0 Å². The van der Waals surface area contributed by atoms with E-state index in [1.165, 1.54) is 38.5 Å². The number of para-hydroxylation sites is 1. The number of methoxy groups -OCH3 is 2. The fourth-order valence-corrected chi connectivity index (χ4v) is 4.96. The van der Waals surface area contributed by atoms with Gasteiger partial charge in [-0.3, -0.25) is 9.10 Å². The molecule has 0 atom stereocenters. The van der Waals surface area contributed by atoms with Crippen molar-refractivity contribution >= 4 is 50.5 Å². The molecule has 33 heavy (non-hydrogen) atoms. The van der Waals surface area contributed by atoms with E-state index in [0.717, 1.165) is 9.87 Å². The number of carbonyl (C=O) groups excluding carboxylic acids is 1. The zero-order valence-electron chi connectivity index (χ0n) is 18.1. The van der Waals surface area contributed by atoms with E-state index in [1.807, 2.05) is 6.92 Å². The topological polar surface area (TPSA) is 84.9 Å². The SMILES string of the molecule is COc1ccc(N(CC(=O)Nc2c(Cl)cccc2Cl)S(=O)(=O)c2ccc(C)cc2)cc1OC. The Morgan fingerprint density at radius 3 is 2.12 bits per heavy atom. The first-order valence-corrected chi connectivity index (χ1v) is 11.9. The third-order valence-electron chi connectivity index (χ3n) is 4.78. The van der Waals surface area contributed by atoms with Crippen molar-refractivity contribution in [2.24, 2.45) is 0 Å². The van der Waals surface area contributed by atoms with Crippen LogP contribution in [0.2, 0.25) is 10.0 Å². The first-order chi connectivity index (χ1) is 15.7. The summed E-state index contributed by atoms with van der Waals surface area (Å²) in [5.74, 6) is 0.102. The van der Waals surface area contributed by atoms with Crippen LogP contribution in [0.15, 0.2) is 65.6 Å². The van der Waals surface area contributed by atoms with Gasteiger partial charge in [0.1, 0.15) is 6.54 Å². The minimum atomic E-state index is -4.11. The molecule has 0 saturated carbocycles. The zero-order valence-corrected chi connectivity index (χ0v) is 20.5. The number of ether oxygens (including phenoxy) is 2. The maximum Gasteiger partial charge on any atom is 0.264 e. The maximum absolute atomic E-state index is 13.5. The van der Waals surface area contributed by atoms with Gasteiger partial charge in [-0.2, -0.15) is 0 Å². The Balaban J connectivity index is 2.03. The molecule has 0 aliphatic carbocycles. The van der Waals surface area contributed by atoms with Crippen molar-refractivity contribution in [2.75, 3.05) is 30.4 Å². The molecule has 174 valence electrons. The number of rotatable bonds is 8. The van der Waals surface area contributed by atoms with Crippen molar-refractivity contribution < 1.29 is 22.7 Å². The number of nitrogens with zero attached hydrogens (tertiary/aromatic N) is 1. The molecule has 0 heterocycles. The molecule has 0 aromatic heterocycles. The summed E-state index contributed by atoms with van der Waals surface area (Å²) in [6.45, 7) is 1.32.